The summed E-state index contributed by atoms with van der Waals surface area (Å²) in [5.74, 6) is 4.47. The molecule has 8 bridgehead atoms. The second-order valence-electron chi connectivity index (χ2n) is 11.4. The molecule has 0 aromatic rings. The molecule has 0 heterocycles. The van der Waals surface area contributed by atoms with Gasteiger partial charge < -0.3 is 4.74 Å². The van der Waals surface area contributed by atoms with Crippen LogP contribution in [0.15, 0.2) is 0 Å². The van der Waals surface area contributed by atoms with Crippen molar-refractivity contribution in [2.45, 2.75) is 85.2 Å². The van der Waals surface area contributed by atoms with Crippen LogP contribution in [0.3, 0.4) is 0 Å². The molecule has 0 aromatic carbocycles. The fourth-order valence-electron chi connectivity index (χ4n) is 8.50. The van der Waals surface area contributed by atoms with E-state index in [0.717, 1.165) is 55.3 Å². The summed E-state index contributed by atoms with van der Waals surface area (Å²) in [6, 6.07) is 0. The lowest BCUT2D eigenvalue weighted by Crippen LogP contribution is -2.75. The van der Waals surface area contributed by atoms with Crippen molar-refractivity contribution in [2.24, 2.45) is 45.8 Å². The van der Waals surface area contributed by atoms with E-state index in [9.17, 15) is 4.79 Å². The summed E-state index contributed by atoms with van der Waals surface area (Å²) < 4.78 is 6.41. The monoisotopic (exact) mass is 330 g/mol. The van der Waals surface area contributed by atoms with Gasteiger partial charge in [0, 0.05) is 0 Å². The smallest absolute Gasteiger partial charge is 0.312 e. The molecule has 4 atom stereocenters. The van der Waals surface area contributed by atoms with Gasteiger partial charge in [-0.3, -0.25) is 4.79 Å². The van der Waals surface area contributed by atoms with Crippen molar-refractivity contribution in [1.82, 2.24) is 0 Å². The van der Waals surface area contributed by atoms with Crippen molar-refractivity contribution in [3.8, 4) is 0 Å². The van der Waals surface area contributed by atoms with Crippen LogP contribution in [0.5, 0.6) is 0 Å². The third-order valence-corrected chi connectivity index (χ3v) is 9.90. The Bertz CT molecular complexity index is 579. The number of rotatable bonds is 3. The molecule has 2 heteroatoms. The molecule has 7 rings (SSSR count). The van der Waals surface area contributed by atoms with E-state index in [1.54, 1.807) is 0 Å². The van der Waals surface area contributed by atoms with Gasteiger partial charge in [0.2, 0.25) is 0 Å². The van der Waals surface area contributed by atoms with Gasteiger partial charge >= 0.3 is 5.97 Å². The highest BCUT2D eigenvalue weighted by molar-refractivity contribution is 5.76. The van der Waals surface area contributed by atoms with E-state index < -0.39 is 0 Å². The average Bonchev–Trinajstić information content (AvgIpc) is 2.51. The van der Waals surface area contributed by atoms with Crippen molar-refractivity contribution in [1.29, 1.82) is 0 Å². The zero-order valence-corrected chi connectivity index (χ0v) is 16.2. The topological polar surface area (TPSA) is 26.3 Å². The van der Waals surface area contributed by atoms with Gasteiger partial charge in [-0.2, -0.15) is 0 Å². The van der Waals surface area contributed by atoms with Crippen LogP contribution >= 0.6 is 0 Å². The van der Waals surface area contributed by atoms with E-state index in [1.807, 2.05) is 13.8 Å². The number of carbonyl (C=O) groups excluding carboxylic acids is 1. The molecule has 0 radical (unpaired) electrons. The Morgan fingerprint density at radius 3 is 2.12 bits per heavy atom. The molecule has 0 spiro atoms. The second kappa shape index (κ2) is 4.23. The first-order chi connectivity index (χ1) is 11.1. The molecular weight excluding hydrogens is 296 g/mol. The van der Waals surface area contributed by atoms with Gasteiger partial charge in [0.15, 0.2) is 0 Å². The average molecular weight is 331 g/mol. The number of hydrogen-bond acceptors (Lipinski definition) is 2. The zero-order chi connectivity index (χ0) is 17.1. The summed E-state index contributed by atoms with van der Waals surface area (Å²) in [6.45, 7) is 11.4. The lowest BCUT2D eigenvalue weighted by atomic mass is 9.27. The molecular formula is C22H34O2. The Hall–Kier alpha value is -0.530. The Kier molecular flexibility index (Phi) is 2.77. The van der Waals surface area contributed by atoms with Crippen LogP contribution in [0.4, 0.5) is 0 Å². The highest BCUT2D eigenvalue weighted by Gasteiger charge is 2.76. The van der Waals surface area contributed by atoms with Crippen LogP contribution < -0.4 is 0 Å². The Morgan fingerprint density at radius 1 is 1.00 bits per heavy atom. The van der Waals surface area contributed by atoms with Crippen molar-refractivity contribution in [3.05, 3.63) is 0 Å². The van der Waals surface area contributed by atoms with Crippen molar-refractivity contribution in [2.75, 3.05) is 0 Å². The van der Waals surface area contributed by atoms with Crippen LogP contribution in [-0.2, 0) is 9.53 Å². The number of carbonyl (C=O) groups is 1. The van der Waals surface area contributed by atoms with Crippen LogP contribution in [-0.4, -0.2) is 11.6 Å². The fraction of sp³-hybridized carbons (Fsp3) is 0.955. The van der Waals surface area contributed by atoms with Crippen LogP contribution in [0, 0.1) is 45.8 Å². The third-order valence-electron chi connectivity index (χ3n) is 9.90. The molecule has 7 saturated carbocycles. The second-order valence-corrected chi connectivity index (χ2v) is 11.4. The molecule has 0 aliphatic heterocycles. The molecule has 7 fully saturated rings. The summed E-state index contributed by atoms with van der Waals surface area (Å²) >= 11 is 0. The summed E-state index contributed by atoms with van der Waals surface area (Å²) in [6.07, 6.45) is 8.70. The minimum absolute atomic E-state index is 0.0531. The van der Waals surface area contributed by atoms with Gasteiger partial charge in [0.25, 0.3) is 0 Å². The Balaban J connectivity index is 1.52. The van der Waals surface area contributed by atoms with Gasteiger partial charge in [-0.05, 0) is 99.2 Å². The Morgan fingerprint density at radius 2 is 1.58 bits per heavy atom. The molecule has 0 N–H and O–H groups in total. The maximum Gasteiger partial charge on any atom is 0.312 e. The molecule has 0 aromatic heterocycles. The van der Waals surface area contributed by atoms with Gasteiger partial charge in [0.1, 0.15) is 5.60 Å². The number of ether oxygens (including phenoxy) is 1. The summed E-state index contributed by atoms with van der Waals surface area (Å²) in [5.41, 5.74) is 0.515. The van der Waals surface area contributed by atoms with Gasteiger partial charge in [0.05, 0.1) is 5.41 Å². The van der Waals surface area contributed by atoms with Crippen LogP contribution in [0.2, 0.25) is 0 Å². The third kappa shape index (κ3) is 1.62. The van der Waals surface area contributed by atoms with Crippen LogP contribution in [0.25, 0.3) is 0 Å². The quantitative estimate of drug-likeness (QED) is 0.664. The van der Waals surface area contributed by atoms with E-state index in [4.69, 9.17) is 4.74 Å². The normalized spacial score (nSPS) is 56.8. The maximum atomic E-state index is 12.9. The minimum Gasteiger partial charge on any atom is -0.459 e. The number of esters is 1. The maximum absolute atomic E-state index is 12.9. The van der Waals surface area contributed by atoms with E-state index in [0.29, 0.717) is 10.8 Å². The molecule has 4 unspecified atom stereocenters. The lowest BCUT2D eigenvalue weighted by molar-refractivity contribution is -0.327. The van der Waals surface area contributed by atoms with E-state index in [-0.39, 0.29) is 17.0 Å². The molecule has 134 valence electrons. The first kappa shape index (κ1) is 15.7. The largest absolute Gasteiger partial charge is 0.459 e. The van der Waals surface area contributed by atoms with Gasteiger partial charge in [-0.25, -0.2) is 0 Å². The van der Waals surface area contributed by atoms with Crippen LogP contribution in [0.1, 0.15) is 79.6 Å². The first-order valence-electron chi connectivity index (χ1n) is 10.4. The molecule has 7 aliphatic carbocycles. The van der Waals surface area contributed by atoms with Gasteiger partial charge in [-0.15, -0.1) is 0 Å². The van der Waals surface area contributed by atoms with E-state index in [1.165, 1.54) is 19.3 Å². The van der Waals surface area contributed by atoms with Crippen molar-refractivity contribution < 1.29 is 9.53 Å². The zero-order valence-electron chi connectivity index (χ0n) is 16.2. The standard InChI is InChI=1S/C22H34O2/c1-6-19(2,3)18(23)24-22-10-16-14-7-13-8-15(21(14,5)12-22)17(11-22)20(16,4)9-13/h13-17H,6-12H2,1-5H3. The summed E-state index contributed by atoms with van der Waals surface area (Å²) in [4.78, 5) is 12.9. The van der Waals surface area contributed by atoms with Gasteiger partial charge in [-0.1, -0.05) is 20.8 Å². The Labute approximate surface area is 147 Å². The summed E-state index contributed by atoms with van der Waals surface area (Å²) in [5, 5.41) is 0. The van der Waals surface area contributed by atoms with Crippen molar-refractivity contribution in [3.63, 3.8) is 0 Å². The molecule has 7 aliphatic rings. The van der Waals surface area contributed by atoms with Crippen molar-refractivity contribution >= 4 is 5.97 Å². The molecule has 24 heavy (non-hydrogen) atoms. The van der Waals surface area contributed by atoms with E-state index in [2.05, 4.69) is 20.8 Å². The molecule has 0 saturated heterocycles. The van der Waals surface area contributed by atoms with E-state index >= 15 is 0 Å². The fourth-order valence-corrected chi connectivity index (χ4v) is 8.50. The first-order valence-corrected chi connectivity index (χ1v) is 10.4. The highest BCUT2D eigenvalue weighted by Crippen LogP contribution is 2.80. The SMILES string of the molecule is CCC(C)(C)C(=O)OC12CC3C4CC5CC(C(C1)C3(C)C5)C4(C)C2. The molecule has 2 nitrogen and oxygen atoms in total. The molecule has 0 amide bonds. The predicted octanol–water partition coefficient (Wildman–Crippen LogP) is 5.21. The minimum atomic E-state index is -0.342. The predicted molar refractivity (Wildman–Crippen MR) is 94.3 cm³/mol. The highest BCUT2D eigenvalue weighted by atomic mass is 16.6. The number of hydrogen-bond donors (Lipinski definition) is 0. The lowest BCUT2D eigenvalue weighted by Gasteiger charge is -2.79. The summed E-state index contributed by atoms with van der Waals surface area (Å²) in [7, 11) is 0.